The normalized spacial score (nSPS) is 12.0. The molecule has 0 unspecified atom stereocenters. The lowest BCUT2D eigenvalue weighted by Crippen LogP contribution is -1.88. The van der Waals surface area contributed by atoms with Crippen LogP contribution in [0.25, 0.3) is 43.4 Å². The molecule has 5 rings (SSSR count). The Bertz CT molecular complexity index is 1280. The molecule has 4 aromatic carbocycles. The van der Waals surface area contributed by atoms with Crippen molar-refractivity contribution < 1.29 is 8.78 Å². The molecule has 0 saturated heterocycles. The molecule has 0 radical (unpaired) electrons. The highest BCUT2D eigenvalue weighted by atomic mass is 19.1. The highest BCUT2D eigenvalue weighted by Gasteiger charge is 2.14. The second-order valence-electron chi connectivity index (χ2n) is 6.21. The molecule has 0 saturated carbocycles. The number of aromatic nitrogens is 1. The van der Waals surface area contributed by atoms with Gasteiger partial charge in [-0.15, -0.1) is 0 Å². The van der Waals surface area contributed by atoms with Crippen molar-refractivity contribution in [1.82, 2.24) is 4.57 Å². The molecule has 1 nitrogen and oxygen atoms in total. The Kier molecular flexibility index (Phi) is 2.55. The molecule has 0 aliphatic heterocycles. The Balaban J connectivity index is 2.08. The van der Waals surface area contributed by atoms with Gasteiger partial charge in [-0.2, -0.15) is 0 Å². The van der Waals surface area contributed by atoms with E-state index in [1.165, 1.54) is 12.1 Å². The van der Waals surface area contributed by atoms with E-state index in [2.05, 4.69) is 4.57 Å². The van der Waals surface area contributed by atoms with Crippen LogP contribution in [0, 0.1) is 11.6 Å². The molecule has 3 heteroatoms. The fourth-order valence-electron chi connectivity index (χ4n) is 3.82. The van der Waals surface area contributed by atoms with E-state index in [0.717, 1.165) is 43.4 Å². The van der Waals surface area contributed by atoms with Crippen molar-refractivity contribution >= 4 is 43.4 Å². The average molecular weight is 317 g/mol. The summed E-state index contributed by atoms with van der Waals surface area (Å²) in [6.45, 7) is 0. The monoisotopic (exact) mass is 317 g/mol. The Morgan fingerprint density at radius 3 is 2.00 bits per heavy atom. The highest BCUT2D eigenvalue weighted by molar-refractivity contribution is 6.25. The van der Waals surface area contributed by atoms with Crippen molar-refractivity contribution in [3.63, 3.8) is 0 Å². The lowest BCUT2D eigenvalue weighted by atomic mass is 10.0. The van der Waals surface area contributed by atoms with Gasteiger partial charge in [-0.1, -0.05) is 24.3 Å². The molecule has 0 atom stereocenters. The maximum atomic E-state index is 13.6. The van der Waals surface area contributed by atoms with Gasteiger partial charge in [0.25, 0.3) is 0 Å². The molecule has 0 aliphatic rings. The number of halogens is 2. The molecular formula is C21H13F2N. The minimum atomic E-state index is -0.235. The van der Waals surface area contributed by atoms with E-state index >= 15 is 0 Å². The quantitative estimate of drug-likeness (QED) is 0.334. The van der Waals surface area contributed by atoms with Crippen LogP contribution < -0.4 is 0 Å². The van der Waals surface area contributed by atoms with E-state index in [-0.39, 0.29) is 11.6 Å². The minimum absolute atomic E-state index is 0.233. The summed E-state index contributed by atoms with van der Waals surface area (Å²) in [4.78, 5) is 0. The maximum Gasteiger partial charge on any atom is 0.123 e. The molecule has 0 fully saturated rings. The van der Waals surface area contributed by atoms with E-state index in [4.69, 9.17) is 0 Å². The van der Waals surface area contributed by atoms with E-state index in [1.54, 1.807) is 12.1 Å². The van der Waals surface area contributed by atoms with Crippen LogP contribution in [-0.4, -0.2) is 4.57 Å². The molecule has 0 N–H and O–H groups in total. The van der Waals surface area contributed by atoms with Crippen molar-refractivity contribution in [1.29, 1.82) is 0 Å². The second kappa shape index (κ2) is 4.54. The third kappa shape index (κ3) is 1.67. The van der Waals surface area contributed by atoms with Crippen molar-refractivity contribution in [2.24, 2.45) is 7.05 Å². The highest BCUT2D eigenvalue weighted by Crippen LogP contribution is 2.37. The molecular weight excluding hydrogens is 304 g/mol. The fourth-order valence-corrected chi connectivity index (χ4v) is 3.82. The van der Waals surface area contributed by atoms with Gasteiger partial charge < -0.3 is 4.57 Å². The molecule has 1 aromatic heterocycles. The first-order valence-corrected chi connectivity index (χ1v) is 7.82. The number of aryl methyl sites for hydroxylation is 1. The van der Waals surface area contributed by atoms with E-state index in [0.29, 0.717) is 0 Å². The molecule has 0 bridgehead atoms. The van der Waals surface area contributed by atoms with Gasteiger partial charge in [0, 0.05) is 28.7 Å². The SMILES string of the molecule is Cn1c2ccc3cc(F)ccc3c2c2ccc3cc(F)ccc3c21. The smallest absolute Gasteiger partial charge is 0.123 e. The topological polar surface area (TPSA) is 4.93 Å². The second-order valence-corrected chi connectivity index (χ2v) is 6.21. The van der Waals surface area contributed by atoms with E-state index in [1.807, 2.05) is 43.4 Å². The van der Waals surface area contributed by atoms with Gasteiger partial charge in [0.15, 0.2) is 0 Å². The minimum Gasteiger partial charge on any atom is -0.343 e. The number of hydrogen-bond acceptors (Lipinski definition) is 0. The van der Waals surface area contributed by atoms with Gasteiger partial charge in [-0.3, -0.25) is 0 Å². The molecule has 1 heterocycles. The Hall–Kier alpha value is -2.94. The molecule has 0 amide bonds. The number of hydrogen-bond donors (Lipinski definition) is 0. The summed E-state index contributed by atoms with van der Waals surface area (Å²) in [5.74, 6) is -0.468. The number of benzene rings is 4. The third-order valence-electron chi connectivity index (χ3n) is 4.88. The summed E-state index contributed by atoms with van der Waals surface area (Å²) in [5.41, 5.74) is 2.15. The van der Waals surface area contributed by atoms with Crippen LogP contribution in [0.4, 0.5) is 8.78 Å². The van der Waals surface area contributed by atoms with Crippen LogP contribution in [0.15, 0.2) is 60.7 Å². The molecule has 116 valence electrons. The lowest BCUT2D eigenvalue weighted by Gasteiger charge is -2.03. The Labute approximate surface area is 136 Å². The van der Waals surface area contributed by atoms with Crippen molar-refractivity contribution in [2.75, 3.05) is 0 Å². The van der Waals surface area contributed by atoms with Crippen molar-refractivity contribution in [2.45, 2.75) is 0 Å². The van der Waals surface area contributed by atoms with Gasteiger partial charge >= 0.3 is 0 Å². The summed E-state index contributed by atoms with van der Waals surface area (Å²) in [6, 6.07) is 17.7. The summed E-state index contributed by atoms with van der Waals surface area (Å²) >= 11 is 0. The standard InChI is InChI=1S/C21H13F2N/c1-24-19-9-3-12-10-14(22)4-7-16(12)20(19)18-6-2-13-11-15(23)5-8-17(13)21(18)24/h2-11H,1H3. The molecule has 0 spiro atoms. The van der Waals surface area contributed by atoms with Crippen LogP contribution in [0.3, 0.4) is 0 Å². The third-order valence-corrected chi connectivity index (χ3v) is 4.88. The van der Waals surface area contributed by atoms with E-state index in [9.17, 15) is 8.78 Å². The van der Waals surface area contributed by atoms with Crippen molar-refractivity contribution in [3.8, 4) is 0 Å². The summed E-state index contributed by atoms with van der Waals surface area (Å²) < 4.78 is 29.2. The first-order valence-electron chi connectivity index (χ1n) is 7.82. The zero-order chi connectivity index (χ0) is 16.4. The number of nitrogens with zero attached hydrogens (tertiary/aromatic N) is 1. The van der Waals surface area contributed by atoms with Crippen molar-refractivity contribution in [3.05, 3.63) is 72.3 Å². The predicted molar refractivity (Wildman–Crippen MR) is 95.4 cm³/mol. The predicted octanol–water partition coefficient (Wildman–Crippen LogP) is 5.92. The zero-order valence-electron chi connectivity index (χ0n) is 13.0. The fraction of sp³-hybridized carbons (Fsp3) is 0.0476. The first kappa shape index (κ1) is 13.5. The largest absolute Gasteiger partial charge is 0.343 e. The number of rotatable bonds is 0. The zero-order valence-corrected chi connectivity index (χ0v) is 13.0. The Morgan fingerprint density at radius 1 is 0.667 bits per heavy atom. The van der Waals surface area contributed by atoms with Crippen LogP contribution in [0.5, 0.6) is 0 Å². The summed E-state index contributed by atoms with van der Waals surface area (Å²) in [7, 11) is 2.02. The maximum absolute atomic E-state index is 13.6. The molecule has 5 aromatic rings. The molecule has 0 aliphatic carbocycles. The van der Waals surface area contributed by atoms with Crippen LogP contribution in [0.2, 0.25) is 0 Å². The van der Waals surface area contributed by atoms with Gasteiger partial charge in [0.2, 0.25) is 0 Å². The van der Waals surface area contributed by atoms with Crippen LogP contribution in [-0.2, 0) is 7.05 Å². The van der Waals surface area contributed by atoms with E-state index < -0.39 is 0 Å². The number of fused-ring (bicyclic) bond motifs is 7. The van der Waals surface area contributed by atoms with Gasteiger partial charge in [0.1, 0.15) is 11.6 Å². The van der Waals surface area contributed by atoms with Gasteiger partial charge in [-0.05, 0) is 52.6 Å². The van der Waals surface area contributed by atoms with Crippen LogP contribution in [0.1, 0.15) is 0 Å². The molecule has 24 heavy (non-hydrogen) atoms. The van der Waals surface area contributed by atoms with Crippen LogP contribution >= 0.6 is 0 Å². The Morgan fingerprint density at radius 2 is 1.25 bits per heavy atom. The summed E-state index contributed by atoms with van der Waals surface area (Å²) in [5, 5.41) is 6.02. The van der Waals surface area contributed by atoms with Gasteiger partial charge in [0.05, 0.1) is 5.52 Å². The average Bonchev–Trinajstić information content (AvgIpc) is 2.87. The summed E-state index contributed by atoms with van der Waals surface area (Å²) in [6.07, 6.45) is 0. The van der Waals surface area contributed by atoms with Gasteiger partial charge in [-0.25, -0.2) is 8.78 Å². The lowest BCUT2D eigenvalue weighted by molar-refractivity contribution is 0.629. The first-order chi connectivity index (χ1) is 11.6.